The third-order valence-electron chi connectivity index (χ3n) is 4.23. The summed E-state index contributed by atoms with van der Waals surface area (Å²) in [6, 6.07) is 9.01. The summed E-state index contributed by atoms with van der Waals surface area (Å²) in [6.45, 7) is 7.13. The van der Waals surface area contributed by atoms with Gasteiger partial charge in [0.25, 0.3) is 0 Å². The first kappa shape index (κ1) is 23.9. The molecular weight excluding hydrogens is 425 g/mol. The second-order valence-electron chi connectivity index (χ2n) is 6.65. The summed E-state index contributed by atoms with van der Waals surface area (Å²) in [6.07, 6.45) is 3.37. The van der Waals surface area contributed by atoms with Crippen molar-refractivity contribution in [3.05, 3.63) is 63.5 Å². The lowest BCUT2D eigenvalue weighted by atomic mass is 10.1. The van der Waals surface area contributed by atoms with Gasteiger partial charge in [0.2, 0.25) is 0 Å². The van der Waals surface area contributed by atoms with Crippen LogP contribution in [0.3, 0.4) is 0 Å². The topological polar surface area (TPSA) is 55.3 Å². The van der Waals surface area contributed by atoms with Gasteiger partial charge in [-0.2, -0.15) is 0 Å². The van der Waals surface area contributed by atoms with Gasteiger partial charge in [-0.1, -0.05) is 23.2 Å². The highest BCUT2D eigenvalue weighted by Gasteiger charge is 2.07. The molecule has 0 unspecified atom stereocenters. The molecule has 0 fully saturated rings. The van der Waals surface area contributed by atoms with Crippen LogP contribution >= 0.6 is 23.2 Å². The average Bonchev–Trinajstić information content (AvgIpc) is 2.73. The van der Waals surface area contributed by atoms with Gasteiger partial charge >= 0.3 is 0 Å². The average molecular weight is 452 g/mol. The number of hydrogen-bond donors (Lipinski definition) is 1. The van der Waals surface area contributed by atoms with Crippen molar-refractivity contribution in [3.63, 3.8) is 0 Å². The molecule has 0 spiro atoms. The van der Waals surface area contributed by atoms with Gasteiger partial charge in [0.1, 0.15) is 30.1 Å². The summed E-state index contributed by atoms with van der Waals surface area (Å²) < 4.78 is 11.6. The van der Waals surface area contributed by atoms with Crippen molar-refractivity contribution < 1.29 is 14.3 Å². The fourth-order valence-corrected chi connectivity index (χ4v) is 2.65. The summed E-state index contributed by atoms with van der Waals surface area (Å²) in [5.41, 5.74) is 6.23. The van der Waals surface area contributed by atoms with Gasteiger partial charge in [-0.25, -0.2) is 4.99 Å². The maximum absolute atomic E-state index is 6.02. The lowest BCUT2D eigenvalue weighted by Crippen LogP contribution is -2.18. The molecular formula is C22H27Cl2N3O3. The van der Waals surface area contributed by atoms with E-state index in [1.807, 2.05) is 44.3 Å². The van der Waals surface area contributed by atoms with E-state index in [9.17, 15) is 0 Å². The maximum atomic E-state index is 6.02. The van der Waals surface area contributed by atoms with Crippen LogP contribution in [-0.2, 0) is 4.84 Å². The van der Waals surface area contributed by atoms with Crippen molar-refractivity contribution in [3.8, 4) is 11.5 Å². The Morgan fingerprint density at radius 1 is 1.13 bits per heavy atom. The zero-order chi connectivity index (χ0) is 22.1. The Labute approximate surface area is 188 Å². The van der Waals surface area contributed by atoms with Crippen LogP contribution in [-0.4, -0.2) is 38.5 Å². The van der Waals surface area contributed by atoms with Crippen LogP contribution in [0.25, 0.3) is 0 Å². The smallest absolute Gasteiger partial charge is 0.133 e. The SMILES string of the molecule is CCN(C)C=Nc1cc(C)c(OC=C(COc2ccc(Cl)c(Cl)c2)NOC)cc1C. The third kappa shape index (κ3) is 7.13. The van der Waals surface area contributed by atoms with Gasteiger partial charge in [0.05, 0.1) is 29.2 Å². The van der Waals surface area contributed by atoms with E-state index < -0.39 is 0 Å². The number of aryl methyl sites for hydroxylation is 2. The van der Waals surface area contributed by atoms with E-state index in [-0.39, 0.29) is 6.61 Å². The van der Waals surface area contributed by atoms with Crippen LogP contribution in [0.1, 0.15) is 18.1 Å². The minimum absolute atomic E-state index is 0.190. The first-order valence-electron chi connectivity index (χ1n) is 9.42. The molecule has 0 aromatic heterocycles. The molecule has 6 nitrogen and oxygen atoms in total. The Hall–Kier alpha value is -2.41. The molecule has 0 aliphatic heterocycles. The molecule has 0 amide bonds. The molecule has 0 saturated carbocycles. The van der Waals surface area contributed by atoms with Gasteiger partial charge in [0, 0.05) is 19.7 Å². The molecule has 0 atom stereocenters. The van der Waals surface area contributed by atoms with Crippen molar-refractivity contribution in [2.75, 3.05) is 27.3 Å². The van der Waals surface area contributed by atoms with E-state index in [1.54, 1.807) is 24.5 Å². The molecule has 0 radical (unpaired) electrons. The normalized spacial score (nSPS) is 11.6. The van der Waals surface area contributed by atoms with Gasteiger partial charge in [-0.3, -0.25) is 10.3 Å². The van der Waals surface area contributed by atoms with Crippen molar-refractivity contribution in [2.45, 2.75) is 20.8 Å². The van der Waals surface area contributed by atoms with Gasteiger partial charge in [0.15, 0.2) is 0 Å². The van der Waals surface area contributed by atoms with Crippen molar-refractivity contribution >= 4 is 35.2 Å². The van der Waals surface area contributed by atoms with Crippen LogP contribution in [0.5, 0.6) is 11.5 Å². The summed E-state index contributed by atoms with van der Waals surface area (Å²) in [7, 11) is 3.50. The van der Waals surface area contributed by atoms with Crippen molar-refractivity contribution in [1.82, 2.24) is 10.4 Å². The second-order valence-corrected chi connectivity index (χ2v) is 7.47. The molecule has 162 valence electrons. The third-order valence-corrected chi connectivity index (χ3v) is 4.97. The van der Waals surface area contributed by atoms with Crippen LogP contribution in [0.15, 0.2) is 47.3 Å². The minimum atomic E-state index is 0.190. The molecule has 0 aliphatic carbocycles. The predicted octanol–water partition coefficient (Wildman–Crippen LogP) is 5.67. The number of rotatable bonds is 10. The van der Waals surface area contributed by atoms with E-state index in [2.05, 4.69) is 17.4 Å². The van der Waals surface area contributed by atoms with E-state index in [1.165, 1.54) is 7.11 Å². The number of aliphatic imine (C=N–C) groups is 1. The first-order valence-corrected chi connectivity index (χ1v) is 10.2. The molecule has 1 N–H and O–H groups in total. The minimum Gasteiger partial charge on any atom is -0.487 e. The Morgan fingerprint density at radius 2 is 1.90 bits per heavy atom. The fraction of sp³-hybridized carbons (Fsp3) is 0.318. The Kier molecular flexibility index (Phi) is 9.30. The lowest BCUT2D eigenvalue weighted by molar-refractivity contribution is 0.105. The van der Waals surface area contributed by atoms with Crippen LogP contribution in [0.2, 0.25) is 10.0 Å². The predicted molar refractivity (Wildman–Crippen MR) is 123 cm³/mol. The van der Waals surface area contributed by atoms with E-state index >= 15 is 0 Å². The molecule has 0 bridgehead atoms. The van der Waals surface area contributed by atoms with Crippen molar-refractivity contribution in [1.29, 1.82) is 0 Å². The van der Waals surface area contributed by atoms with Crippen LogP contribution in [0, 0.1) is 13.8 Å². The van der Waals surface area contributed by atoms with Crippen molar-refractivity contribution in [2.24, 2.45) is 4.99 Å². The first-order chi connectivity index (χ1) is 14.3. The van der Waals surface area contributed by atoms with E-state index in [0.717, 1.165) is 29.1 Å². The highest BCUT2D eigenvalue weighted by atomic mass is 35.5. The van der Waals surface area contributed by atoms with Crippen LogP contribution in [0.4, 0.5) is 5.69 Å². The Bertz CT molecular complexity index is 917. The summed E-state index contributed by atoms with van der Waals surface area (Å²) in [4.78, 5) is 11.6. The monoisotopic (exact) mass is 451 g/mol. The molecule has 0 heterocycles. The highest BCUT2D eigenvalue weighted by Crippen LogP contribution is 2.29. The number of nitrogens with zero attached hydrogens (tertiary/aromatic N) is 2. The summed E-state index contributed by atoms with van der Waals surface area (Å²) >= 11 is 11.9. The molecule has 2 aromatic carbocycles. The molecule has 2 aromatic rings. The lowest BCUT2D eigenvalue weighted by Gasteiger charge is -2.13. The molecule has 30 heavy (non-hydrogen) atoms. The number of ether oxygens (including phenoxy) is 2. The number of halogens is 2. The van der Waals surface area contributed by atoms with E-state index in [4.69, 9.17) is 37.5 Å². The molecule has 8 heteroatoms. The maximum Gasteiger partial charge on any atom is 0.133 e. The summed E-state index contributed by atoms with van der Waals surface area (Å²) in [5.74, 6) is 1.31. The zero-order valence-corrected chi connectivity index (χ0v) is 19.3. The second kappa shape index (κ2) is 11.7. The standard InChI is InChI=1S/C22H27Cl2N3O3/c1-6-27(4)14-25-21-9-16(3)22(10-15(21)2)30-13-17(26-28-5)12-29-18-7-8-19(23)20(24)11-18/h7-11,13-14,26H,6,12H2,1-5H3. The van der Waals surface area contributed by atoms with Gasteiger partial charge in [-0.05, 0) is 56.2 Å². The fourth-order valence-electron chi connectivity index (χ4n) is 2.36. The van der Waals surface area contributed by atoms with E-state index in [0.29, 0.717) is 21.5 Å². The molecule has 0 aliphatic rings. The number of hydroxylamine groups is 1. The number of benzene rings is 2. The summed E-state index contributed by atoms with van der Waals surface area (Å²) in [5, 5.41) is 0.896. The molecule has 2 rings (SSSR count). The Morgan fingerprint density at radius 3 is 2.57 bits per heavy atom. The largest absolute Gasteiger partial charge is 0.487 e. The number of hydrogen-bond acceptors (Lipinski definition) is 5. The Balaban J connectivity index is 2.10. The van der Waals surface area contributed by atoms with Gasteiger partial charge in [-0.15, -0.1) is 0 Å². The number of nitrogens with one attached hydrogen (secondary N) is 1. The quantitative estimate of drug-likeness (QED) is 0.218. The van der Waals surface area contributed by atoms with Crippen LogP contribution < -0.4 is 15.0 Å². The van der Waals surface area contributed by atoms with Gasteiger partial charge < -0.3 is 14.4 Å². The zero-order valence-electron chi connectivity index (χ0n) is 17.8. The highest BCUT2D eigenvalue weighted by molar-refractivity contribution is 6.42. The molecule has 0 saturated heterocycles.